The molecule has 1 aromatic rings. The van der Waals surface area contributed by atoms with Crippen molar-refractivity contribution < 1.29 is 4.79 Å². The molecule has 0 heterocycles. The quantitative estimate of drug-likeness (QED) is 0.821. The summed E-state index contributed by atoms with van der Waals surface area (Å²) in [6, 6.07) is 3.51. The summed E-state index contributed by atoms with van der Waals surface area (Å²) in [4.78, 5) is 11.6. The number of urea groups is 1. The summed E-state index contributed by atoms with van der Waals surface area (Å²) in [6.07, 6.45) is 1.65. The molecule has 0 atom stereocenters. The Labute approximate surface area is 107 Å². The normalized spacial score (nSPS) is 9.71. The fraction of sp³-hybridized carbons (Fsp3) is 0.308. The van der Waals surface area contributed by atoms with E-state index in [1.165, 1.54) is 0 Å². The molecular weight excluding hydrogens is 236 g/mol. The molecule has 0 bridgehead atoms. The van der Waals surface area contributed by atoms with Gasteiger partial charge in [-0.15, -0.1) is 0 Å². The highest BCUT2D eigenvalue weighted by Crippen LogP contribution is 2.27. The number of hydrogen-bond acceptors (Lipinski definition) is 1. The van der Waals surface area contributed by atoms with E-state index in [0.29, 0.717) is 10.7 Å². The molecule has 0 radical (unpaired) electrons. The van der Waals surface area contributed by atoms with Crippen LogP contribution in [0.15, 0.2) is 23.9 Å². The van der Waals surface area contributed by atoms with Crippen molar-refractivity contribution in [1.29, 1.82) is 0 Å². The zero-order chi connectivity index (χ0) is 13.0. The number of carbonyl (C=O) groups is 1. The van der Waals surface area contributed by atoms with Gasteiger partial charge in [0.2, 0.25) is 0 Å². The van der Waals surface area contributed by atoms with E-state index >= 15 is 0 Å². The predicted octanol–water partition coefficient (Wildman–Crippen LogP) is 4.00. The van der Waals surface area contributed by atoms with Crippen molar-refractivity contribution in [2.24, 2.45) is 0 Å². The Morgan fingerprint density at radius 2 is 1.94 bits per heavy atom. The highest BCUT2D eigenvalue weighted by atomic mass is 35.5. The summed E-state index contributed by atoms with van der Waals surface area (Å²) in [7, 11) is 0. The second-order valence-electron chi connectivity index (χ2n) is 4.26. The third-order valence-electron chi connectivity index (χ3n) is 2.16. The van der Waals surface area contributed by atoms with Crippen LogP contribution in [0.5, 0.6) is 0 Å². The van der Waals surface area contributed by atoms with Gasteiger partial charge in [0.25, 0.3) is 0 Å². The van der Waals surface area contributed by atoms with Crippen LogP contribution < -0.4 is 10.6 Å². The van der Waals surface area contributed by atoms with E-state index in [-0.39, 0.29) is 6.03 Å². The lowest BCUT2D eigenvalue weighted by Gasteiger charge is -2.11. The molecule has 0 saturated heterocycles. The fourth-order valence-electron chi connectivity index (χ4n) is 1.43. The molecule has 3 nitrogen and oxygen atoms in total. The van der Waals surface area contributed by atoms with E-state index in [9.17, 15) is 4.79 Å². The maximum atomic E-state index is 11.6. The van der Waals surface area contributed by atoms with E-state index in [0.717, 1.165) is 16.7 Å². The first kappa shape index (κ1) is 13.6. The SMILES string of the molecule is CC(C)=CNC(=O)Nc1c(C)cc(C)cc1Cl. The van der Waals surface area contributed by atoms with Crippen molar-refractivity contribution >= 4 is 23.3 Å². The second-order valence-corrected chi connectivity index (χ2v) is 4.67. The number of anilines is 1. The van der Waals surface area contributed by atoms with Crippen molar-refractivity contribution in [3.63, 3.8) is 0 Å². The first-order chi connectivity index (χ1) is 7.90. The lowest BCUT2D eigenvalue weighted by atomic mass is 10.1. The third kappa shape index (κ3) is 4.11. The molecule has 0 aromatic heterocycles. The molecule has 0 fully saturated rings. The molecule has 2 N–H and O–H groups in total. The smallest absolute Gasteiger partial charge is 0.314 e. The summed E-state index contributed by atoms with van der Waals surface area (Å²) in [5.41, 5.74) is 3.69. The number of allylic oxidation sites excluding steroid dienone is 1. The summed E-state index contributed by atoms with van der Waals surface area (Å²) >= 11 is 6.08. The minimum absolute atomic E-state index is 0.292. The molecule has 0 aliphatic carbocycles. The lowest BCUT2D eigenvalue weighted by Crippen LogP contribution is -2.24. The standard InChI is InChI=1S/C13H17ClN2O/c1-8(2)7-15-13(17)16-12-10(4)5-9(3)6-11(12)14/h5-7H,1-4H3,(H2,15,16,17). The maximum absolute atomic E-state index is 11.6. The third-order valence-corrected chi connectivity index (χ3v) is 2.46. The molecule has 1 aromatic carbocycles. The lowest BCUT2D eigenvalue weighted by molar-refractivity contribution is 0.255. The Bertz CT molecular complexity index is 439. The summed E-state index contributed by atoms with van der Waals surface area (Å²) in [5.74, 6) is 0. The van der Waals surface area contributed by atoms with Gasteiger partial charge in [0, 0.05) is 6.20 Å². The van der Waals surface area contributed by atoms with Crippen LogP contribution in [0.3, 0.4) is 0 Å². The van der Waals surface area contributed by atoms with Gasteiger partial charge < -0.3 is 10.6 Å². The number of nitrogens with one attached hydrogen (secondary N) is 2. The Hall–Kier alpha value is -1.48. The minimum atomic E-state index is -0.292. The number of hydrogen-bond donors (Lipinski definition) is 2. The van der Waals surface area contributed by atoms with E-state index in [2.05, 4.69) is 10.6 Å². The van der Waals surface area contributed by atoms with E-state index in [1.54, 1.807) is 6.20 Å². The molecule has 1 rings (SSSR count). The first-order valence-corrected chi connectivity index (χ1v) is 5.75. The van der Waals surface area contributed by atoms with Crippen LogP contribution in [0.1, 0.15) is 25.0 Å². The Kier molecular flexibility index (Phi) is 4.58. The summed E-state index contributed by atoms with van der Waals surface area (Å²) in [6.45, 7) is 7.69. The molecule has 0 unspecified atom stereocenters. The monoisotopic (exact) mass is 252 g/mol. The maximum Gasteiger partial charge on any atom is 0.323 e. The molecule has 0 saturated carbocycles. The number of rotatable bonds is 2. The van der Waals surface area contributed by atoms with Gasteiger partial charge in [0.05, 0.1) is 10.7 Å². The van der Waals surface area contributed by atoms with Gasteiger partial charge in [-0.3, -0.25) is 0 Å². The number of amides is 2. The molecule has 92 valence electrons. The van der Waals surface area contributed by atoms with E-state index in [1.807, 2.05) is 39.8 Å². The molecule has 17 heavy (non-hydrogen) atoms. The number of carbonyl (C=O) groups excluding carboxylic acids is 1. The predicted molar refractivity (Wildman–Crippen MR) is 72.5 cm³/mol. The summed E-state index contributed by atoms with van der Waals surface area (Å²) < 4.78 is 0. The van der Waals surface area contributed by atoms with Crippen LogP contribution >= 0.6 is 11.6 Å². The Morgan fingerprint density at radius 1 is 1.29 bits per heavy atom. The zero-order valence-corrected chi connectivity index (χ0v) is 11.3. The van der Waals surface area contributed by atoms with Gasteiger partial charge in [-0.1, -0.05) is 23.2 Å². The van der Waals surface area contributed by atoms with Crippen molar-refractivity contribution in [3.8, 4) is 0 Å². The molecule has 0 aliphatic heterocycles. The van der Waals surface area contributed by atoms with Crippen LogP contribution in [0.2, 0.25) is 5.02 Å². The van der Waals surface area contributed by atoms with Crippen molar-refractivity contribution in [1.82, 2.24) is 5.32 Å². The topological polar surface area (TPSA) is 41.1 Å². The Balaban J connectivity index is 2.82. The first-order valence-electron chi connectivity index (χ1n) is 5.38. The van der Waals surface area contributed by atoms with E-state index < -0.39 is 0 Å². The van der Waals surface area contributed by atoms with Crippen molar-refractivity contribution in [3.05, 3.63) is 40.1 Å². The van der Waals surface area contributed by atoms with Gasteiger partial charge in [0.15, 0.2) is 0 Å². The molecule has 0 aliphatic rings. The van der Waals surface area contributed by atoms with Crippen molar-refractivity contribution in [2.45, 2.75) is 27.7 Å². The van der Waals surface area contributed by atoms with E-state index in [4.69, 9.17) is 11.6 Å². The largest absolute Gasteiger partial charge is 0.323 e. The van der Waals surface area contributed by atoms with Crippen LogP contribution in [-0.4, -0.2) is 6.03 Å². The fourth-order valence-corrected chi connectivity index (χ4v) is 1.80. The number of benzene rings is 1. The van der Waals surface area contributed by atoms with Crippen molar-refractivity contribution in [2.75, 3.05) is 5.32 Å². The van der Waals surface area contributed by atoms with Gasteiger partial charge in [-0.25, -0.2) is 4.79 Å². The van der Waals surface area contributed by atoms with Gasteiger partial charge in [0.1, 0.15) is 0 Å². The average Bonchev–Trinajstić information content (AvgIpc) is 2.20. The zero-order valence-electron chi connectivity index (χ0n) is 10.5. The second kappa shape index (κ2) is 5.73. The molecule has 4 heteroatoms. The molecule has 0 spiro atoms. The van der Waals surface area contributed by atoms with Gasteiger partial charge >= 0.3 is 6.03 Å². The van der Waals surface area contributed by atoms with Gasteiger partial charge in [-0.05, 0) is 44.9 Å². The highest BCUT2D eigenvalue weighted by Gasteiger charge is 2.08. The van der Waals surface area contributed by atoms with Crippen LogP contribution in [-0.2, 0) is 0 Å². The number of halogens is 1. The highest BCUT2D eigenvalue weighted by molar-refractivity contribution is 6.34. The average molecular weight is 253 g/mol. The molecule has 2 amide bonds. The Morgan fingerprint density at radius 3 is 2.47 bits per heavy atom. The summed E-state index contributed by atoms with van der Waals surface area (Å²) in [5, 5.41) is 5.91. The van der Waals surface area contributed by atoms with Crippen LogP contribution in [0.4, 0.5) is 10.5 Å². The van der Waals surface area contributed by atoms with Crippen LogP contribution in [0.25, 0.3) is 0 Å². The minimum Gasteiger partial charge on any atom is -0.314 e. The van der Waals surface area contributed by atoms with Gasteiger partial charge in [-0.2, -0.15) is 0 Å². The van der Waals surface area contributed by atoms with Crippen LogP contribution in [0, 0.1) is 13.8 Å². The molecular formula is C13H17ClN2O. The number of aryl methyl sites for hydroxylation is 2.